The zero-order chi connectivity index (χ0) is 13.8. The average Bonchev–Trinajstić information content (AvgIpc) is 2.81. The van der Waals surface area contributed by atoms with Crippen LogP contribution in [0.4, 0.5) is 0 Å². The Bertz CT molecular complexity index is 567. The molecular weight excluding hydrogens is 262 g/mol. The van der Waals surface area contributed by atoms with Gasteiger partial charge in [-0.05, 0) is 24.1 Å². The van der Waals surface area contributed by atoms with E-state index in [1.807, 2.05) is 24.3 Å². The fraction of sp³-hybridized carbons (Fsp3) is 0.308. The molecule has 100 valence electrons. The molecular formula is C13H15N3O2S. The van der Waals surface area contributed by atoms with Gasteiger partial charge in [0.15, 0.2) is 5.82 Å². The first-order chi connectivity index (χ1) is 9.08. The van der Waals surface area contributed by atoms with Crippen molar-refractivity contribution in [3.05, 3.63) is 36.2 Å². The predicted molar refractivity (Wildman–Crippen MR) is 73.8 cm³/mol. The average molecular weight is 277 g/mol. The lowest BCUT2D eigenvalue weighted by Crippen LogP contribution is -2.04. The Morgan fingerprint density at radius 3 is 2.84 bits per heavy atom. The van der Waals surface area contributed by atoms with Gasteiger partial charge in [0.25, 0.3) is 0 Å². The molecule has 19 heavy (non-hydrogen) atoms. The van der Waals surface area contributed by atoms with Gasteiger partial charge in [-0.2, -0.15) is 5.10 Å². The first-order valence-electron chi connectivity index (χ1n) is 5.94. The van der Waals surface area contributed by atoms with Crippen LogP contribution in [-0.4, -0.2) is 31.6 Å². The maximum absolute atomic E-state index is 10.7. The number of hydrogen-bond acceptors (Lipinski definition) is 4. The second kappa shape index (κ2) is 5.88. The van der Waals surface area contributed by atoms with Gasteiger partial charge in [0, 0.05) is 6.20 Å². The molecule has 0 saturated heterocycles. The Labute approximate surface area is 115 Å². The minimum atomic E-state index is -0.843. The van der Waals surface area contributed by atoms with Crippen molar-refractivity contribution in [1.82, 2.24) is 14.8 Å². The number of rotatable bonds is 5. The number of aliphatic carboxylic acids is 1. The van der Waals surface area contributed by atoms with Crippen LogP contribution in [-0.2, 0) is 4.79 Å². The summed E-state index contributed by atoms with van der Waals surface area (Å²) in [6.45, 7) is 4.10. The molecule has 0 aliphatic heterocycles. The highest BCUT2D eigenvalue weighted by molar-refractivity contribution is 7.99. The van der Waals surface area contributed by atoms with E-state index in [0.29, 0.717) is 5.82 Å². The molecule has 0 atom stereocenters. The van der Waals surface area contributed by atoms with Crippen molar-refractivity contribution < 1.29 is 9.90 Å². The lowest BCUT2D eigenvalue weighted by atomic mass is 10.1. The third-order valence-electron chi connectivity index (χ3n) is 2.50. The number of carboxylic acids is 1. The van der Waals surface area contributed by atoms with Crippen molar-refractivity contribution in [3.8, 4) is 5.82 Å². The third-order valence-corrected chi connectivity index (χ3v) is 3.47. The van der Waals surface area contributed by atoms with Crippen LogP contribution in [0.15, 0.2) is 35.5 Å². The maximum atomic E-state index is 10.7. The van der Waals surface area contributed by atoms with Crippen LogP contribution in [0.1, 0.15) is 25.5 Å². The summed E-state index contributed by atoms with van der Waals surface area (Å²) >= 11 is 1.25. The normalized spacial score (nSPS) is 10.9. The second-order valence-corrected chi connectivity index (χ2v) is 5.34. The summed E-state index contributed by atoms with van der Waals surface area (Å²) in [6, 6.07) is 7.49. The summed E-state index contributed by atoms with van der Waals surface area (Å²) in [7, 11) is 0. The van der Waals surface area contributed by atoms with Gasteiger partial charge in [0.2, 0.25) is 0 Å². The molecule has 2 aromatic rings. The van der Waals surface area contributed by atoms with E-state index in [4.69, 9.17) is 5.11 Å². The van der Waals surface area contributed by atoms with E-state index in [1.54, 1.807) is 10.9 Å². The fourth-order valence-electron chi connectivity index (χ4n) is 1.55. The van der Waals surface area contributed by atoms with E-state index in [-0.39, 0.29) is 11.7 Å². The maximum Gasteiger partial charge on any atom is 0.313 e. The Hall–Kier alpha value is -1.82. The van der Waals surface area contributed by atoms with Gasteiger partial charge in [-0.1, -0.05) is 31.7 Å². The molecule has 0 fully saturated rings. The van der Waals surface area contributed by atoms with Gasteiger partial charge in [-0.15, -0.1) is 0 Å². The number of carboxylic acid groups (broad SMARTS) is 1. The summed E-state index contributed by atoms with van der Waals surface area (Å²) < 4.78 is 1.70. The number of carbonyl (C=O) groups is 1. The van der Waals surface area contributed by atoms with Crippen molar-refractivity contribution in [2.75, 3.05) is 5.75 Å². The zero-order valence-electron chi connectivity index (χ0n) is 10.8. The second-order valence-electron chi connectivity index (χ2n) is 4.34. The molecule has 1 N–H and O–H groups in total. The highest BCUT2D eigenvalue weighted by atomic mass is 32.2. The van der Waals surface area contributed by atoms with E-state index in [9.17, 15) is 4.79 Å². The van der Waals surface area contributed by atoms with Crippen LogP contribution in [0.3, 0.4) is 0 Å². The number of nitrogens with zero attached hydrogens (tertiary/aromatic N) is 3. The van der Waals surface area contributed by atoms with E-state index in [0.717, 1.165) is 10.7 Å². The smallest absolute Gasteiger partial charge is 0.313 e. The van der Waals surface area contributed by atoms with E-state index < -0.39 is 5.97 Å². The lowest BCUT2D eigenvalue weighted by molar-refractivity contribution is -0.133. The third kappa shape index (κ3) is 3.35. The van der Waals surface area contributed by atoms with Gasteiger partial charge in [0.05, 0.1) is 11.4 Å². The highest BCUT2D eigenvalue weighted by Crippen LogP contribution is 2.25. The largest absolute Gasteiger partial charge is 0.481 e. The molecule has 0 unspecified atom stereocenters. The molecule has 0 radical (unpaired) electrons. The van der Waals surface area contributed by atoms with Crippen molar-refractivity contribution in [2.24, 2.45) is 0 Å². The quantitative estimate of drug-likeness (QED) is 0.851. The van der Waals surface area contributed by atoms with Crippen LogP contribution >= 0.6 is 11.8 Å². The molecule has 0 amide bonds. The molecule has 0 saturated carbocycles. The number of hydrogen-bond donors (Lipinski definition) is 1. The lowest BCUT2D eigenvalue weighted by Gasteiger charge is -2.04. The van der Waals surface area contributed by atoms with Crippen molar-refractivity contribution >= 4 is 17.7 Å². The van der Waals surface area contributed by atoms with Gasteiger partial charge in [0.1, 0.15) is 5.03 Å². The summed E-state index contributed by atoms with van der Waals surface area (Å²) in [6.07, 6.45) is 1.69. The molecule has 0 aliphatic carbocycles. The van der Waals surface area contributed by atoms with Crippen molar-refractivity contribution in [2.45, 2.75) is 24.8 Å². The number of thioether (sulfide) groups is 1. The van der Waals surface area contributed by atoms with Crippen LogP contribution in [0, 0.1) is 0 Å². The summed E-state index contributed by atoms with van der Waals surface area (Å²) in [4.78, 5) is 14.9. The van der Waals surface area contributed by atoms with Crippen molar-refractivity contribution in [3.63, 3.8) is 0 Å². The molecule has 2 heterocycles. The molecule has 0 bridgehead atoms. The molecule has 6 heteroatoms. The topological polar surface area (TPSA) is 68.0 Å². The molecule has 5 nitrogen and oxygen atoms in total. The van der Waals surface area contributed by atoms with E-state index >= 15 is 0 Å². The van der Waals surface area contributed by atoms with Crippen LogP contribution in [0.2, 0.25) is 0 Å². The predicted octanol–water partition coefficient (Wildman–Crippen LogP) is 2.57. The molecule has 2 aromatic heterocycles. The monoisotopic (exact) mass is 277 g/mol. The minimum Gasteiger partial charge on any atom is -0.481 e. The summed E-state index contributed by atoms with van der Waals surface area (Å²) in [5, 5.41) is 14.1. The number of pyridine rings is 1. The molecule has 2 rings (SSSR count). The first kappa shape index (κ1) is 13.6. The van der Waals surface area contributed by atoms with Gasteiger partial charge < -0.3 is 5.11 Å². The summed E-state index contributed by atoms with van der Waals surface area (Å²) in [5.41, 5.74) is 0.929. The Morgan fingerprint density at radius 1 is 1.47 bits per heavy atom. The summed E-state index contributed by atoms with van der Waals surface area (Å²) in [5.74, 6) is 0.150. The van der Waals surface area contributed by atoms with Gasteiger partial charge >= 0.3 is 5.97 Å². The molecule has 0 aromatic carbocycles. The standard InChI is InChI=1S/C13H15N3O2S/c1-9(2)10-7-12(19-8-13(17)18)16(15-10)11-5-3-4-6-14-11/h3-7,9H,8H2,1-2H3,(H,17,18). The fourth-order valence-corrected chi connectivity index (χ4v) is 2.28. The Morgan fingerprint density at radius 2 is 2.26 bits per heavy atom. The number of aromatic nitrogens is 3. The minimum absolute atomic E-state index is 0.00998. The van der Waals surface area contributed by atoms with Crippen molar-refractivity contribution in [1.29, 1.82) is 0 Å². The van der Waals surface area contributed by atoms with Crippen LogP contribution in [0.5, 0.6) is 0 Å². The molecule has 0 aliphatic rings. The highest BCUT2D eigenvalue weighted by Gasteiger charge is 2.14. The zero-order valence-corrected chi connectivity index (χ0v) is 11.6. The molecule has 0 spiro atoms. The van der Waals surface area contributed by atoms with Gasteiger partial charge in [-0.25, -0.2) is 9.67 Å². The Kier molecular flexibility index (Phi) is 4.21. The van der Waals surface area contributed by atoms with Crippen LogP contribution < -0.4 is 0 Å². The van der Waals surface area contributed by atoms with Gasteiger partial charge in [-0.3, -0.25) is 4.79 Å². The SMILES string of the molecule is CC(C)c1cc(SCC(=O)O)n(-c2ccccn2)n1. The first-order valence-corrected chi connectivity index (χ1v) is 6.92. The van der Waals surface area contributed by atoms with E-state index in [1.165, 1.54) is 11.8 Å². The Balaban J connectivity index is 2.37. The van der Waals surface area contributed by atoms with E-state index in [2.05, 4.69) is 23.9 Å². The van der Waals surface area contributed by atoms with Crippen LogP contribution in [0.25, 0.3) is 5.82 Å².